The van der Waals surface area contributed by atoms with Gasteiger partial charge in [-0.1, -0.05) is 58.2 Å². The number of aromatic nitrogens is 3. The number of rotatable bonds is 8. The van der Waals surface area contributed by atoms with E-state index in [1.807, 2.05) is 24.3 Å². The molecule has 1 amide bonds. The average Bonchev–Trinajstić information content (AvgIpc) is 3.34. The summed E-state index contributed by atoms with van der Waals surface area (Å²) in [6.45, 7) is 0.282. The molecule has 0 atom stereocenters. The van der Waals surface area contributed by atoms with E-state index in [0.717, 1.165) is 21.6 Å². The van der Waals surface area contributed by atoms with Crippen molar-refractivity contribution in [3.8, 4) is 0 Å². The number of amides is 1. The lowest BCUT2D eigenvalue weighted by atomic mass is 10.1. The highest BCUT2D eigenvalue weighted by molar-refractivity contribution is 8.01. The number of hydrogen-bond donors (Lipinski definition) is 1. The third-order valence-corrected chi connectivity index (χ3v) is 7.47. The van der Waals surface area contributed by atoms with Crippen molar-refractivity contribution in [3.63, 3.8) is 0 Å². The van der Waals surface area contributed by atoms with E-state index in [1.54, 1.807) is 28.8 Å². The molecule has 7 nitrogen and oxygen atoms in total. The summed E-state index contributed by atoms with van der Waals surface area (Å²) in [6.07, 6.45) is 0.137. The molecule has 0 fully saturated rings. The van der Waals surface area contributed by atoms with Gasteiger partial charge in [-0.2, -0.15) is 0 Å². The molecule has 2 aromatic carbocycles. The Morgan fingerprint density at radius 2 is 1.84 bits per heavy atom. The molecule has 0 radical (unpaired) electrons. The number of hydrogen-bond acceptors (Lipinski definition) is 8. The van der Waals surface area contributed by atoms with E-state index in [9.17, 15) is 14.4 Å². The van der Waals surface area contributed by atoms with Crippen LogP contribution < -0.4 is 10.2 Å². The van der Waals surface area contributed by atoms with Crippen molar-refractivity contribution in [2.45, 2.75) is 17.3 Å². The number of fused-ring (bicyclic) bond motifs is 1. The zero-order chi connectivity index (χ0) is 21.8. The molecule has 0 aliphatic carbocycles. The molecule has 0 aliphatic rings. The van der Waals surface area contributed by atoms with Gasteiger partial charge in [0.25, 0.3) is 0 Å². The molecule has 0 bridgehead atoms. The molecule has 2 heterocycles. The number of para-hydroxylation sites is 1. The van der Waals surface area contributed by atoms with Gasteiger partial charge in [0.05, 0.1) is 16.0 Å². The number of benzene rings is 2. The van der Waals surface area contributed by atoms with E-state index < -0.39 is 0 Å². The minimum Gasteiger partial charge on any atom is -0.300 e. The van der Waals surface area contributed by atoms with Crippen molar-refractivity contribution in [3.05, 3.63) is 68.8 Å². The molecule has 31 heavy (non-hydrogen) atoms. The number of aryl methyl sites for hydroxylation is 1. The summed E-state index contributed by atoms with van der Waals surface area (Å²) in [5.41, 5.74) is 1.40. The second-order valence-corrected chi connectivity index (χ2v) is 10.0. The Labute approximate surface area is 194 Å². The summed E-state index contributed by atoms with van der Waals surface area (Å²) in [5.74, 6) is -0.0961. The summed E-state index contributed by atoms with van der Waals surface area (Å²) < 4.78 is 3.08. The topological polar surface area (TPSA) is 93.9 Å². The number of nitrogens with zero attached hydrogens (tertiary/aromatic N) is 3. The van der Waals surface area contributed by atoms with Gasteiger partial charge in [-0.3, -0.25) is 19.0 Å². The van der Waals surface area contributed by atoms with E-state index in [1.165, 1.54) is 23.1 Å². The number of carbonyl (C=O) groups is 2. The molecule has 0 saturated heterocycles. The van der Waals surface area contributed by atoms with Crippen molar-refractivity contribution in [1.29, 1.82) is 0 Å². The Bertz CT molecular complexity index is 1300. The average molecular weight is 491 g/mol. The Kier molecular flexibility index (Phi) is 6.81. The van der Waals surface area contributed by atoms with Crippen molar-refractivity contribution < 1.29 is 9.59 Å². The Hall–Kier alpha value is -2.53. The van der Waals surface area contributed by atoms with Gasteiger partial charge in [0.2, 0.25) is 11.0 Å². The minimum atomic E-state index is -0.257. The molecule has 0 spiro atoms. The first-order valence-corrected chi connectivity index (χ1v) is 12.1. The van der Waals surface area contributed by atoms with Crippen molar-refractivity contribution in [1.82, 2.24) is 14.8 Å². The van der Waals surface area contributed by atoms with Crippen LogP contribution >= 0.6 is 46.0 Å². The summed E-state index contributed by atoms with van der Waals surface area (Å²) in [5, 5.41) is 11.6. The Morgan fingerprint density at radius 3 is 2.65 bits per heavy atom. The fourth-order valence-electron chi connectivity index (χ4n) is 2.79. The molecule has 4 rings (SSSR count). The second kappa shape index (κ2) is 9.73. The van der Waals surface area contributed by atoms with Gasteiger partial charge in [-0.05, 0) is 36.4 Å². The minimum absolute atomic E-state index is 0.0455. The smallest absolute Gasteiger partial charge is 0.300 e. The number of halogens is 1. The Balaban J connectivity index is 1.29. The van der Waals surface area contributed by atoms with Crippen LogP contribution in [0.3, 0.4) is 0 Å². The van der Waals surface area contributed by atoms with E-state index in [2.05, 4.69) is 15.5 Å². The highest BCUT2D eigenvalue weighted by Gasteiger charge is 2.13. The predicted molar refractivity (Wildman–Crippen MR) is 126 cm³/mol. The highest BCUT2D eigenvalue weighted by atomic mass is 35.5. The maximum atomic E-state index is 12.3. The van der Waals surface area contributed by atoms with Crippen molar-refractivity contribution in [2.75, 3.05) is 11.1 Å². The lowest BCUT2D eigenvalue weighted by Crippen LogP contribution is -2.19. The number of thioether (sulfide) groups is 1. The van der Waals surface area contributed by atoms with E-state index >= 15 is 0 Å². The first kappa shape index (κ1) is 21.7. The first-order valence-electron chi connectivity index (χ1n) is 9.13. The summed E-state index contributed by atoms with van der Waals surface area (Å²) in [7, 11) is 0. The quantitative estimate of drug-likeness (QED) is 0.221. The normalized spacial score (nSPS) is 11.0. The van der Waals surface area contributed by atoms with Crippen LogP contribution in [0.15, 0.2) is 57.7 Å². The number of nitrogens with one attached hydrogen (secondary N) is 1. The third-order valence-electron chi connectivity index (χ3n) is 4.28. The SMILES string of the molecule is O=C(CCn1c(=O)sc2ccccc21)Nc1nnc(SCC(=O)c2ccc(Cl)cc2)s1. The number of Topliss-reactive ketones (excluding diaryl/α,β-unsaturated/α-hetero) is 1. The summed E-state index contributed by atoms with van der Waals surface area (Å²) in [4.78, 5) is 36.6. The highest BCUT2D eigenvalue weighted by Crippen LogP contribution is 2.26. The maximum absolute atomic E-state index is 12.3. The molecule has 2 aromatic heterocycles. The third kappa shape index (κ3) is 5.40. The molecule has 158 valence electrons. The van der Waals surface area contributed by atoms with Crippen LogP contribution in [0.5, 0.6) is 0 Å². The van der Waals surface area contributed by atoms with Crippen LogP contribution in [-0.2, 0) is 11.3 Å². The lowest BCUT2D eigenvalue weighted by molar-refractivity contribution is -0.116. The molecule has 0 aliphatic heterocycles. The van der Waals surface area contributed by atoms with Gasteiger partial charge in [0.1, 0.15) is 0 Å². The molecule has 0 unspecified atom stereocenters. The molecular weight excluding hydrogens is 476 g/mol. The van der Waals surface area contributed by atoms with Crippen LogP contribution in [-0.4, -0.2) is 32.2 Å². The molecule has 4 aromatic rings. The molecule has 0 saturated carbocycles. The van der Waals surface area contributed by atoms with Crippen LogP contribution in [0.1, 0.15) is 16.8 Å². The van der Waals surface area contributed by atoms with Gasteiger partial charge in [0, 0.05) is 23.6 Å². The van der Waals surface area contributed by atoms with Gasteiger partial charge in [0.15, 0.2) is 10.1 Å². The number of carbonyl (C=O) groups excluding carboxylic acids is 2. The molecule has 1 N–H and O–H groups in total. The fraction of sp³-hybridized carbons (Fsp3) is 0.150. The molecular formula is C20H15ClN4O3S3. The van der Waals surface area contributed by atoms with Crippen molar-refractivity contribution in [2.24, 2.45) is 0 Å². The van der Waals surface area contributed by atoms with E-state index in [0.29, 0.717) is 20.1 Å². The fourth-order valence-corrected chi connectivity index (χ4v) is 5.49. The van der Waals surface area contributed by atoms with Crippen molar-refractivity contribution >= 4 is 73.1 Å². The standard InChI is InChI=1S/C20H15ClN4O3S3/c21-13-7-5-12(6-8-13)15(26)11-29-19-24-23-18(31-19)22-17(27)9-10-25-14-3-1-2-4-16(14)30-20(25)28/h1-8H,9-11H2,(H,22,23,27). The predicted octanol–water partition coefficient (Wildman–Crippen LogP) is 4.57. The monoisotopic (exact) mass is 490 g/mol. The number of anilines is 1. The van der Waals surface area contributed by atoms with E-state index in [-0.39, 0.29) is 35.3 Å². The van der Waals surface area contributed by atoms with Gasteiger partial charge < -0.3 is 5.32 Å². The Morgan fingerprint density at radius 1 is 1.06 bits per heavy atom. The second-order valence-electron chi connectivity index (χ2n) is 6.38. The van der Waals surface area contributed by atoms with Crippen LogP contribution in [0.25, 0.3) is 10.2 Å². The summed E-state index contributed by atoms with van der Waals surface area (Å²) in [6, 6.07) is 14.2. The number of thiazole rings is 1. The van der Waals surface area contributed by atoms with Crippen LogP contribution in [0.4, 0.5) is 5.13 Å². The van der Waals surface area contributed by atoms with Gasteiger partial charge >= 0.3 is 4.87 Å². The first-order chi connectivity index (χ1) is 15.0. The van der Waals surface area contributed by atoms with Crippen LogP contribution in [0, 0.1) is 0 Å². The largest absolute Gasteiger partial charge is 0.308 e. The maximum Gasteiger partial charge on any atom is 0.308 e. The van der Waals surface area contributed by atoms with E-state index in [4.69, 9.17) is 11.6 Å². The molecule has 11 heteroatoms. The lowest BCUT2D eigenvalue weighted by Gasteiger charge is -2.03. The van der Waals surface area contributed by atoms with Gasteiger partial charge in [-0.25, -0.2) is 0 Å². The zero-order valence-electron chi connectivity index (χ0n) is 15.9. The van der Waals surface area contributed by atoms with Crippen LogP contribution in [0.2, 0.25) is 5.02 Å². The number of ketones is 1. The summed E-state index contributed by atoms with van der Waals surface area (Å²) >= 11 is 9.45. The zero-order valence-corrected chi connectivity index (χ0v) is 19.1. The van der Waals surface area contributed by atoms with Gasteiger partial charge in [-0.15, -0.1) is 10.2 Å².